The summed E-state index contributed by atoms with van der Waals surface area (Å²) >= 11 is 0. The highest BCUT2D eigenvalue weighted by molar-refractivity contribution is 5.96. The minimum Gasteiger partial charge on any atom is -0.493 e. The maximum Gasteiger partial charge on any atom is 0.232 e. The number of hydrogen-bond donors (Lipinski definition) is 1. The first-order valence-corrected chi connectivity index (χ1v) is 8.79. The maximum atomic E-state index is 12.1. The van der Waals surface area contributed by atoms with Crippen molar-refractivity contribution in [2.75, 3.05) is 33.9 Å². The normalized spacial score (nSPS) is 14.9. The summed E-state index contributed by atoms with van der Waals surface area (Å²) in [5.41, 5.74) is 1.04. The SMILES string of the molecule is COc1ccc(CCNC(=O)CC(=O)N2CCC(C)CC2)cc1OC. The van der Waals surface area contributed by atoms with E-state index in [1.54, 1.807) is 19.1 Å². The Hall–Kier alpha value is -2.24. The molecule has 0 saturated carbocycles. The van der Waals surface area contributed by atoms with Crippen LogP contribution in [-0.4, -0.2) is 50.6 Å². The molecule has 2 rings (SSSR count). The summed E-state index contributed by atoms with van der Waals surface area (Å²) in [6.07, 6.45) is 2.64. The molecular formula is C19H28N2O4. The Bertz CT molecular complexity index is 595. The van der Waals surface area contributed by atoms with E-state index in [0.717, 1.165) is 31.5 Å². The van der Waals surface area contributed by atoms with E-state index in [-0.39, 0.29) is 18.2 Å². The predicted octanol–water partition coefficient (Wildman–Crippen LogP) is 2.01. The van der Waals surface area contributed by atoms with E-state index in [1.165, 1.54) is 0 Å². The van der Waals surface area contributed by atoms with E-state index in [9.17, 15) is 9.59 Å². The number of nitrogens with zero attached hydrogens (tertiary/aromatic N) is 1. The molecule has 0 spiro atoms. The van der Waals surface area contributed by atoms with Crippen molar-refractivity contribution >= 4 is 11.8 Å². The molecule has 1 aliphatic heterocycles. The molecule has 0 radical (unpaired) electrons. The van der Waals surface area contributed by atoms with Gasteiger partial charge in [-0.1, -0.05) is 13.0 Å². The lowest BCUT2D eigenvalue weighted by Gasteiger charge is -2.30. The molecule has 6 heteroatoms. The fourth-order valence-electron chi connectivity index (χ4n) is 2.95. The second-order valence-corrected chi connectivity index (χ2v) is 6.53. The Morgan fingerprint density at radius 2 is 1.84 bits per heavy atom. The minimum absolute atomic E-state index is 0.0691. The summed E-state index contributed by atoms with van der Waals surface area (Å²) in [7, 11) is 3.19. The Morgan fingerprint density at radius 3 is 2.48 bits per heavy atom. The lowest BCUT2D eigenvalue weighted by Crippen LogP contribution is -2.40. The van der Waals surface area contributed by atoms with Crippen molar-refractivity contribution in [1.29, 1.82) is 0 Å². The van der Waals surface area contributed by atoms with Gasteiger partial charge in [0.2, 0.25) is 11.8 Å². The van der Waals surface area contributed by atoms with E-state index >= 15 is 0 Å². The minimum atomic E-state index is -0.218. The lowest BCUT2D eigenvalue weighted by molar-refractivity contribution is -0.137. The highest BCUT2D eigenvalue weighted by Crippen LogP contribution is 2.27. The monoisotopic (exact) mass is 348 g/mol. The molecule has 1 heterocycles. The Kier molecular flexibility index (Phi) is 7.10. The van der Waals surface area contributed by atoms with Crippen LogP contribution in [-0.2, 0) is 16.0 Å². The molecule has 0 unspecified atom stereocenters. The third kappa shape index (κ3) is 5.66. The second kappa shape index (κ2) is 9.30. The Morgan fingerprint density at radius 1 is 1.16 bits per heavy atom. The van der Waals surface area contributed by atoms with Crippen LogP contribution in [0, 0.1) is 5.92 Å². The molecule has 138 valence electrons. The number of carbonyl (C=O) groups excluding carboxylic acids is 2. The van der Waals surface area contributed by atoms with Crippen molar-refractivity contribution in [1.82, 2.24) is 10.2 Å². The summed E-state index contributed by atoms with van der Waals surface area (Å²) in [6.45, 7) is 4.21. The molecular weight excluding hydrogens is 320 g/mol. The topological polar surface area (TPSA) is 67.9 Å². The van der Waals surface area contributed by atoms with Crippen molar-refractivity contribution in [2.45, 2.75) is 32.6 Å². The summed E-state index contributed by atoms with van der Waals surface area (Å²) in [6, 6.07) is 5.68. The molecule has 6 nitrogen and oxygen atoms in total. The van der Waals surface area contributed by atoms with Crippen molar-refractivity contribution in [3.05, 3.63) is 23.8 Å². The van der Waals surface area contributed by atoms with Gasteiger partial charge >= 0.3 is 0 Å². The molecule has 1 N–H and O–H groups in total. The molecule has 0 aromatic heterocycles. The number of ether oxygens (including phenoxy) is 2. The average molecular weight is 348 g/mol. The number of likely N-dealkylation sites (tertiary alicyclic amines) is 1. The van der Waals surface area contributed by atoms with Gasteiger partial charge in [-0.2, -0.15) is 0 Å². The first-order chi connectivity index (χ1) is 12.0. The highest BCUT2D eigenvalue weighted by atomic mass is 16.5. The summed E-state index contributed by atoms with van der Waals surface area (Å²) in [5.74, 6) is 1.72. The van der Waals surface area contributed by atoms with Crippen LogP contribution in [0.15, 0.2) is 18.2 Å². The smallest absolute Gasteiger partial charge is 0.232 e. The van der Waals surface area contributed by atoms with Crippen molar-refractivity contribution < 1.29 is 19.1 Å². The first kappa shape index (κ1) is 19.1. The van der Waals surface area contributed by atoms with E-state index < -0.39 is 0 Å². The first-order valence-electron chi connectivity index (χ1n) is 8.79. The highest BCUT2D eigenvalue weighted by Gasteiger charge is 2.21. The van der Waals surface area contributed by atoms with Crippen LogP contribution < -0.4 is 14.8 Å². The average Bonchev–Trinajstić information content (AvgIpc) is 2.62. The standard InChI is InChI=1S/C19H28N2O4/c1-14-7-10-21(11-8-14)19(23)13-18(22)20-9-6-15-4-5-16(24-2)17(12-15)25-3/h4-5,12,14H,6-11,13H2,1-3H3,(H,20,22). The van der Waals surface area contributed by atoms with Gasteiger partial charge in [0, 0.05) is 19.6 Å². The van der Waals surface area contributed by atoms with Gasteiger partial charge in [0.15, 0.2) is 11.5 Å². The zero-order valence-electron chi connectivity index (χ0n) is 15.3. The van der Waals surface area contributed by atoms with Gasteiger partial charge in [-0.25, -0.2) is 0 Å². The fourth-order valence-corrected chi connectivity index (χ4v) is 2.95. The molecule has 0 aliphatic carbocycles. The zero-order valence-corrected chi connectivity index (χ0v) is 15.3. The molecule has 1 fully saturated rings. The number of rotatable bonds is 7. The van der Waals surface area contributed by atoms with Crippen LogP contribution in [0.25, 0.3) is 0 Å². The molecule has 0 atom stereocenters. The van der Waals surface area contributed by atoms with Gasteiger partial charge in [0.1, 0.15) is 6.42 Å². The molecule has 0 bridgehead atoms. The van der Waals surface area contributed by atoms with E-state index in [1.807, 2.05) is 18.2 Å². The fraction of sp³-hybridized carbons (Fsp3) is 0.579. The van der Waals surface area contributed by atoms with Gasteiger partial charge in [-0.3, -0.25) is 9.59 Å². The van der Waals surface area contributed by atoms with Gasteiger partial charge in [0.25, 0.3) is 0 Å². The third-order valence-corrected chi connectivity index (χ3v) is 4.63. The second-order valence-electron chi connectivity index (χ2n) is 6.53. The van der Waals surface area contributed by atoms with E-state index in [0.29, 0.717) is 30.4 Å². The number of benzene rings is 1. The third-order valence-electron chi connectivity index (χ3n) is 4.63. The van der Waals surface area contributed by atoms with Gasteiger partial charge in [-0.05, 0) is 42.9 Å². The van der Waals surface area contributed by atoms with Crippen molar-refractivity contribution in [3.8, 4) is 11.5 Å². The summed E-state index contributed by atoms with van der Waals surface area (Å²) in [4.78, 5) is 25.9. The quantitative estimate of drug-likeness (QED) is 0.766. The largest absolute Gasteiger partial charge is 0.493 e. The van der Waals surface area contributed by atoms with E-state index in [2.05, 4.69) is 12.2 Å². The van der Waals surface area contributed by atoms with Crippen LogP contribution in [0.2, 0.25) is 0 Å². The number of hydrogen-bond acceptors (Lipinski definition) is 4. The number of nitrogens with one attached hydrogen (secondary N) is 1. The van der Waals surface area contributed by atoms with Crippen LogP contribution in [0.4, 0.5) is 0 Å². The van der Waals surface area contributed by atoms with Crippen LogP contribution in [0.5, 0.6) is 11.5 Å². The molecule has 1 aliphatic rings. The lowest BCUT2D eigenvalue weighted by atomic mass is 9.99. The van der Waals surface area contributed by atoms with Gasteiger partial charge in [-0.15, -0.1) is 0 Å². The molecule has 1 aromatic rings. The van der Waals surface area contributed by atoms with Gasteiger partial charge < -0.3 is 19.7 Å². The Balaban J connectivity index is 1.74. The number of piperidine rings is 1. The van der Waals surface area contributed by atoms with Crippen molar-refractivity contribution in [2.24, 2.45) is 5.92 Å². The van der Waals surface area contributed by atoms with Crippen LogP contribution in [0.1, 0.15) is 31.7 Å². The molecule has 1 aromatic carbocycles. The number of amides is 2. The Labute approximate surface area is 149 Å². The predicted molar refractivity (Wildman–Crippen MR) is 95.9 cm³/mol. The zero-order chi connectivity index (χ0) is 18.2. The maximum absolute atomic E-state index is 12.1. The molecule has 25 heavy (non-hydrogen) atoms. The van der Waals surface area contributed by atoms with Crippen LogP contribution in [0.3, 0.4) is 0 Å². The van der Waals surface area contributed by atoms with Gasteiger partial charge in [0.05, 0.1) is 14.2 Å². The van der Waals surface area contributed by atoms with Crippen LogP contribution >= 0.6 is 0 Å². The summed E-state index contributed by atoms with van der Waals surface area (Å²) in [5, 5.41) is 2.82. The molecule has 1 saturated heterocycles. The summed E-state index contributed by atoms with van der Waals surface area (Å²) < 4.78 is 10.5. The van der Waals surface area contributed by atoms with E-state index in [4.69, 9.17) is 9.47 Å². The number of methoxy groups -OCH3 is 2. The van der Waals surface area contributed by atoms with Crippen molar-refractivity contribution in [3.63, 3.8) is 0 Å². The number of carbonyl (C=O) groups is 2. The molecule has 2 amide bonds.